The van der Waals surface area contributed by atoms with Crippen LogP contribution in [0, 0.1) is 13.8 Å². The summed E-state index contributed by atoms with van der Waals surface area (Å²) in [5.41, 5.74) is 1.75. The number of hydrogen-bond acceptors (Lipinski definition) is 6. The molecule has 0 aliphatic heterocycles. The van der Waals surface area contributed by atoms with Crippen LogP contribution < -0.4 is 16.2 Å². The number of aromatic nitrogens is 2. The van der Waals surface area contributed by atoms with E-state index in [4.69, 9.17) is 11.6 Å². The molecule has 0 aliphatic carbocycles. The van der Waals surface area contributed by atoms with Crippen molar-refractivity contribution in [2.24, 2.45) is 0 Å². The smallest absolute Gasteiger partial charge is 0.259 e. The third-order valence-electron chi connectivity index (χ3n) is 4.47. The van der Waals surface area contributed by atoms with E-state index in [1.165, 1.54) is 30.0 Å². The number of benzene rings is 1. The zero-order chi connectivity index (χ0) is 22.0. The van der Waals surface area contributed by atoms with Gasteiger partial charge < -0.3 is 15.6 Å². The number of amides is 2. The molecule has 1 unspecified atom stereocenters. The molecule has 2 aromatic heterocycles. The first-order chi connectivity index (χ1) is 14.2. The Labute approximate surface area is 186 Å². The fraction of sp³-hybridized carbons (Fsp3) is 0.300. The summed E-state index contributed by atoms with van der Waals surface area (Å²) in [6.45, 7) is 7.05. The molecule has 30 heavy (non-hydrogen) atoms. The molecule has 0 radical (unpaired) electrons. The van der Waals surface area contributed by atoms with E-state index in [1.807, 2.05) is 13.8 Å². The Balaban J connectivity index is 1.67. The van der Waals surface area contributed by atoms with E-state index in [9.17, 15) is 14.4 Å². The second-order valence-corrected chi connectivity index (χ2v) is 9.73. The SMILES string of the molecule is CC(=O)Nc1ccc(Cl)c(NC(=O)C(C)SCc2nc3sc(C)c(C)c3c(=O)[nH]2)c1. The predicted molar refractivity (Wildman–Crippen MR) is 125 cm³/mol. The summed E-state index contributed by atoms with van der Waals surface area (Å²) in [4.78, 5) is 45.3. The van der Waals surface area contributed by atoms with Gasteiger partial charge in [-0.2, -0.15) is 0 Å². The third-order valence-corrected chi connectivity index (χ3v) is 7.06. The number of rotatable bonds is 6. The Bertz CT molecular complexity index is 1190. The molecule has 0 saturated heterocycles. The average molecular weight is 465 g/mol. The maximum absolute atomic E-state index is 12.6. The van der Waals surface area contributed by atoms with E-state index in [-0.39, 0.29) is 17.4 Å². The molecule has 2 heterocycles. The molecule has 1 atom stereocenters. The lowest BCUT2D eigenvalue weighted by atomic mass is 10.2. The van der Waals surface area contributed by atoms with Gasteiger partial charge in [-0.1, -0.05) is 11.6 Å². The first-order valence-electron chi connectivity index (χ1n) is 9.14. The summed E-state index contributed by atoms with van der Waals surface area (Å²) in [7, 11) is 0. The summed E-state index contributed by atoms with van der Waals surface area (Å²) in [5.74, 6) is 0.459. The van der Waals surface area contributed by atoms with Crippen molar-refractivity contribution >= 4 is 68.1 Å². The van der Waals surface area contributed by atoms with Crippen molar-refractivity contribution in [2.75, 3.05) is 10.6 Å². The van der Waals surface area contributed by atoms with Crippen molar-refractivity contribution < 1.29 is 9.59 Å². The Morgan fingerprint density at radius 1 is 1.30 bits per heavy atom. The molecule has 3 N–H and O–H groups in total. The summed E-state index contributed by atoms with van der Waals surface area (Å²) >= 11 is 9.00. The molecular formula is C20H21ClN4O3S2. The van der Waals surface area contributed by atoms with Gasteiger partial charge >= 0.3 is 0 Å². The molecule has 10 heteroatoms. The van der Waals surface area contributed by atoms with Crippen LogP contribution in [-0.2, 0) is 15.3 Å². The number of H-pyrrole nitrogens is 1. The zero-order valence-electron chi connectivity index (χ0n) is 16.9. The molecule has 0 spiro atoms. The normalized spacial score (nSPS) is 12.0. The Morgan fingerprint density at radius 2 is 2.03 bits per heavy atom. The van der Waals surface area contributed by atoms with Crippen molar-refractivity contribution in [1.29, 1.82) is 0 Å². The lowest BCUT2D eigenvalue weighted by Crippen LogP contribution is -2.23. The number of anilines is 2. The third kappa shape index (κ3) is 5.03. The van der Waals surface area contributed by atoms with Gasteiger partial charge in [0.05, 0.1) is 27.1 Å². The molecule has 0 aliphatic rings. The van der Waals surface area contributed by atoms with Gasteiger partial charge in [0.2, 0.25) is 11.8 Å². The van der Waals surface area contributed by atoms with Crippen LogP contribution in [0.25, 0.3) is 10.2 Å². The first kappa shape index (κ1) is 22.3. The topological polar surface area (TPSA) is 104 Å². The maximum Gasteiger partial charge on any atom is 0.259 e. The molecule has 7 nitrogen and oxygen atoms in total. The van der Waals surface area contributed by atoms with Crippen LogP contribution in [-0.4, -0.2) is 27.0 Å². The van der Waals surface area contributed by atoms with Crippen LogP contribution in [0.15, 0.2) is 23.0 Å². The van der Waals surface area contributed by atoms with Gasteiger partial charge in [0.1, 0.15) is 10.7 Å². The highest BCUT2D eigenvalue weighted by atomic mass is 35.5. The number of hydrogen-bond donors (Lipinski definition) is 3. The van der Waals surface area contributed by atoms with Crippen molar-refractivity contribution in [2.45, 2.75) is 38.7 Å². The highest BCUT2D eigenvalue weighted by molar-refractivity contribution is 7.99. The number of halogens is 1. The van der Waals surface area contributed by atoms with Gasteiger partial charge in [-0.3, -0.25) is 14.4 Å². The van der Waals surface area contributed by atoms with Crippen molar-refractivity contribution in [3.8, 4) is 0 Å². The van der Waals surface area contributed by atoms with Gasteiger partial charge in [0.25, 0.3) is 5.56 Å². The van der Waals surface area contributed by atoms with Crippen molar-refractivity contribution in [3.63, 3.8) is 0 Å². The van der Waals surface area contributed by atoms with Crippen LogP contribution in [0.2, 0.25) is 5.02 Å². The quantitative estimate of drug-likeness (QED) is 0.499. The van der Waals surface area contributed by atoms with Crippen molar-refractivity contribution in [3.05, 3.63) is 49.8 Å². The zero-order valence-corrected chi connectivity index (χ0v) is 19.3. The Hall–Kier alpha value is -2.36. The number of thioether (sulfide) groups is 1. The highest BCUT2D eigenvalue weighted by Crippen LogP contribution is 2.28. The summed E-state index contributed by atoms with van der Waals surface area (Å²) < 4.78 is 0. The number of aromatic amines is 1. The number of thiophene rings is 1. The Morgan fingerprint density at radius 3 is 2.73 bits per heavy atom. The van der Waals surface area contributed by atoms with Gasteiger partial charge in [0, 0.05) is 17.5 Å². The number of carbonyl (C=O) groups is 2. The van der Waals surface area contributed by atoms with E-state index in [0.29, 0.717) is 38.2 Å². The van der Waals surface area contributed by atoms with Crippen LogP contribution in [0.5, 0.6) is 0 Å². The van der Waals surface area contributed by atoms with Crippen molar-refractivity contribution in [1.82, 2.24) is 9.97 Å². The first-order valence-corrected chi connectivity index (χ1v) is 11.4. The molecule has 0 bridgehead atoms. The fourth-order valence-corrected chi connectivity index (χ4v) is 4.75. The molecular weight excluding hydrogens is 444 g/mol. The van der Waals surface area contributed by atoms with Gasteiger partial charge in [-0.15, -0.1) is 23.1 Å². The van der Waals surface area contributed by atoms with E-state index >= 15 is 0 Å². The molecule has 3 rings (SSSR count). The van der Waals surface area contributed by atoms with E-state index in [1.54, 1.807) is 25.1 Å². The van der Waals surface area contributed by atoms with E-state index in [0.717, 1.165) is 10.4 Å². The minimum atomic E-state index is -0.418. The monoisotopic (exact) mass is 464 g/mol. The van der Waals surface area contributed by atoms with Crippen LogP contribution in [0.3, 0.4) is 0 Å². The average Bonchev–Trinajstić information content (AvgIpc) is 2.96. The number of nitrogens with one attached hydrogen (secondary N) is 3. The van der Waals surface area contributed by atoms with Crippen LogP contribution in [0.1, 0.15) is 30.1 Å². The lowest BCUT2D eigenvalue weighted by Gasteiger charge is -2.14. The predicted octanol–water partition coefficient (Wildman–Crippen LogP) is 4.47. The summed E-state index contributed by atoms with van der Waals surface area (Å²) in [6, 6.07) is 4.87. The second-order valence-electron chi connectivity index (χ2n) is 6.79. The molecule has 2 amide bonds. The lowest BCUT2D eigenvalue weighted by molar-refractivity contribution is -0.115. The molecule has 158 valence electrons. The molecule has 1 aromatic carbocycles. The van der Waals surface area contributed by atoms with Crippen LogP contribution in [0.4, 0.5) is 11.4 Å². The summed E-state index contributed by atoms with van der Waals surface area (Å²) in [5, 5.41) is 6.01. The van der Waals surface area contributed by atoms with E-state index in [2.05, 4.69) is 20.6 Å². The fourth-order valence-electron chi connectivity index (χ4n) is 2.78. The van der Waals surface area contributed by atoms with E-state index < -0.39 is 5.25 Å². The largest absolute Gasteiger partial charge is 0.326 e. The summed E-state index contributed by atoms with van der Waals surface area (Å²) in [6.07, 6.45) is 0. The maximum atomic E-state index is 12.6. The van der Waals surface area contributed by atoms with Crippen LogP contribution >= 0.6 is 34.7 Å². The minimum Gasteiger partial charge on any atom is -0.326 e. The number of aryl methyl sites for hydroxylation is 2. The van der Waals surface area contributed by atoms with Gasteiger partial charge in [-0.05, 0) is 44.5 Å². The Kier molecular flexibility index (Phi) is 6.84. The standard InChI is InChI=1S/C20H21ClN4O3S2/c1-9-10(2)30-20-17(9)19(28)24-16(25-20)8-29-11(3)18(27)23-15-7-13(22-12(4)26)5-6-14(15)21/h5-7,11H,8H2,1-4H3,(H,22,26)(H,23,27)(H,24,25,28). The number of carbonyl (C=O) groups excluding carboxylic acids is 2. The van der Waals surface area contributed by atoms with Gasteiger partial charge in [-0.25, -0.2) is 4.98 Å². The highest BCUT2D eigenvalue weighted by Gasteiger charge is 2.17. The molecule has 0 fully saturated rings. The molecule has 3 aromatic rings. The second kappa shape index (κ2) is 9.20. The van der Waals surface area contributed by atoms with Gasteiger partial charge in [0.15, 0.2) is 0 Å². The number of fused-ring (bicyclic) bond motifs is 1. The minimum absolute atomic E-state index is 0.156. The molecule has 0 saturated carbocycles. The number of nitrogens with zero attached hydrogens (tertiary/aromatic N) is 1.